The van der Waals surface area contributed by atoms with Crippen molar-refractivity contribution in [3.63, 3.8) is 0 Å². The summed E-state index contributed by atoms with van der Waals surface area (Å²) < 4.78 is 0. The second kappa shape index (κ2) is 8.52. The molecular weight excluding hydrogens is 272 g/mol. The zero-order chi connectivity index (χ0) is 15.8. The Morgan fingerprint density at radius 3 is 2.62 bits per heavy atom. The smallest absolute Gasteiger partial charge is 0.303 e. The van der Waals surface area contributed by atoms with E-state index in [0.29, 0.717) is 17.6 Å². The van der Waals surface area contributed by atoms with E-state index in [4.69, 9.17) is 5.11 Å². The average molecular weight is 294 g/mol. The Morgan fingerprint density at radius 2 is 2.00 bits per heavy atom. The summed E-state index contributed by atoms with van der Waals surface area (Å²) in [5.41, 5.74) is 0.729. The molecule has 0 heterocycles. The van der Waals surface area contributed by atoms with E-state index in [2.05, 4.69) is 6.92 Å². The lowest BCUT2D eigenvalue weighted by Gasteiger charge is -2.04. The third-order valence-corrected chi connectivity index (χ3v) is 3.49. The summed E-state index contributed by atoms with van der Waals surface area (Å²) in [7, 11) is 0. The van der Waals surface area contributed by atoms with Crippen molar-refractivity contribution in [2.45, 2.75) is 58.0 Å². The fourth-order valence-corrected chi connectivity index (χ4v) is 2.31. The Hall–Kier alpha value is -1.75. The maximum Gasteiger partial charge on any atom is 0.303 e. The number of carboxylic acid groups (broad SMARTS) is 1. The number of allylic oxidation sites excluding steroid dienone is 2. The maximum absolute atomic E-state index is 11.7. The third kappa shape index (κ3) is 5.63. The minimum atomic E-state index is -0.990. The number of carboxylic acids is 1. The number of rotatable bonds is 9. The summed E-state index contributed by atoms with van der Waals surface area (Å²) in [4.78, 5) is 34.0. The quantitative estimate of drug-likeness (QED) is 0.502. The van der Waals surface area contributed by atoms with E-state index < -0.39 is 12.1 Å². The van der Waals surface area contributed by atoms with Gasteiger partial charge in [0.05, 0.1) is 6.10 Å². The molecule has 0 spiro atoms. The first-order valence-corrected chi connectivity index (χ1v) is 7.32. The van der Waals surface area contributed by atoms with Gasteiger partial charge in [0.2, 0.25) is 0 Å². The van der Waals surface area contributed by atoms with E-state index in [1.165, 1.54) is 12.2 Å². The van der Waals surface area contributed by atoms with E-state index >= 15 is 0 Å². The highest BCUT2D eigenvalue weighted by atomic mass is 16.4. The number of aliphatic hydroxyl groups excluding tert-OH is 1. The highest BCUT2D eigenvalue weighted by Gasteiger charge is 2.29. The molecule has 1 aliphatic rings. The second-order valence-corrected chi connectivity index (χ2v) is 5.23. The number of unbranched alkanes of at least 4 members (excludes halogenated alkanes) is 2. The van der Waals surface area contributed by atoms with Crippen molar-refractivity contribution in [3.8, 4) is 0 Å². The van der Waals surface area contributed by atoms with Crippen molar-refractivity contribution in [2.24, 2.45) is 0 Å². The molecule has 2 N–H and O–H groups in total. The molecule has 0 aromatic heterocycles. The SMILES string of the molecule is CCCCCC(=O)C=CC1=C(CCC(=O)O)C(=O)CC1O. The van der Waals surface area contributed by atoms with Crippen LogP contribution in [0.1, 0.15) is 51.9 Å². The number of hydrogen-bond donors (Lipinski definition) is 2. The lowest BCUT2D eigenvalue weighted by molar-refractivity contribution is -0.137. The standard InChI is InChI=1S/C16H22O5/c1-2-3-4-5-11(17)6-7-12-13(8-9-16(20)21)15(19)10-14(12)18/h6-7,14,18H,2-5,8-10H2,1H3,(H,20,21). The molecule has 5 nitrogen and oxygen atoms in total. The summed E-state index contributed by atoms with van der Waals surface area (Å²) in [6.07, 6.45) is 5.14. The number of carbonyl (C=O) groups is 3. The van der Waals surface area contributed by atoms with Gasteiger partial charge in [0.25, 0.3) is 0 Å². The van der Waals surface area contributed by atoms with E-state index in [9.17, 15) is 19.5 Å². The summed E-state index contributed by atoms with van der Waals surface area (Å²) in [5.74, 6) is -1.27. The lowest BCUT2D eigenvalue weighted by Crippen LogP contribution is -2.05. The maximum atomic E-state index is 11.7. The molecule has 0 aliphatic heterocycles. The third-order valence-electron chi connectivity index (χ3n) is 3.49. The second-order valence-electron chi connectivity index (χ2n) is 5.23. The Bertz CT molecular complexity index is 473. The van der Waals surface area contributed by atoms with Gasteiger partial charge in [0.15, 0.2) is 11.6 Å². The summed E-state index contributed by atoms with van der Waals surface area (Å²) in [5, 5.41) is 18.5. The molecule has 0 radical (unpaired) electrons. The van der Waals surface area contributed by atoms with E-state index in [-0.39, 0.29) is 30.8 Å². The molecule has 0 fully saturated rings. The first-order chi connectivity index (χ1) is 9.95. The Morgan fingerprint density at radius 1 is 1.29 bits per heavy atom. The Kier molecular flexibility index (Phi) is 7.02. The van der Waals surface area contributed by atoms with E-state index in [1.54, 1.807) is 0 Å². The van der Waals surface area contributed by atoms with Crippen LogP contribution in [0.25, 0.3) is 0 Å². The minimum Gasteiger partial charge on any atom is -0.481 e. The summed E-state index contributed by atoms with van der Waals surface area (Å²) >= 11 is 0. The number of aliphatic carboxylic acids is 1. The summed E-state index contributed by atoms with van der Waals surface area (Å²) in [6.45, 7) is 2.06. The topological polar surface area (TPSA) is 91.7 Å². The van der Waals surface area contributed by atoms with Crippen molar-refractivity contribution in [2.75, 3.05) is 0 Å². The fourth-order valence-electron chi connectivity index (χ4n) is 2.31. The van der Waals surface area contributed by atoms with Crippen LogP contribution >= 0.6 is 0 Å². The zero-order valence-electron chi connectivity index (χ0n) is 12.3. The first kappa shape index (κ1) is 17.3. The lowest BCUT2D eigenvalue weighted by atomic mass is 10.0. The number of hydrogen-bond acceptors (Lipinski definition) is 4. The molecule has 5 heteroatoms. The van der Waals surface area contributed by atoms with Crippen LogP contribution in [-0.4, -0.2) is 33.9 Å². The molecule has 116 valence electrons. The predicted molar refractivity (Wildman–Crippen MR) is 77.8 cm³/mol. The molecule has 0 amide bonds. The monoisotopic (exact) mass is 294 g/mol. The molecule has 1 aliphatic carbocycles. The fraction of sp³-hybridized carbons (Fsp3) is 0.562. The van der Waals surface area contributed by atoms with Gasteiger partial charge in [-0.3, -0.25) is 14.4 Å². The predicted octanol–water partition coefficient (Wildman–Crippen LogP) is 2.19. The van der Waals surface area contributed by atoms with Gasteiger partial charge in [-0.05, 0) is 24.5 Å². The molecular formula is C16H22O5. The van der Waals surface area contributed by atoms with Gasteiger partial charge < -0.3 is 10.2 Å². The van der Waals surface area contributed by atoms with Crippen LogP contribution in [0.3, 0.4) is 0 Å². The number of carbonyl (C=O) groups excluding carboxylic acids is 2. The van der Waals surface area contributed by atoms with Gasteiger partial charge in [0, 0.05) is 24.8 Å². The molecule has 0 bridgehead atoms. The molecule has 1 rings (SSSR count). The molecule has 1 unspecified atom stereocenters. The van der Waals surface area contributed by atoms with Crippen molar-refractivity contribution >= 4 is 17.5 Å². The molecule has 21 heavy (non-hydrogen) atoms. The van der Waals surface area contributed by atoms with Gasteiger partial charge in [-0.15, -0.1) is 0 Å². The van der Waals surface area contributed by atoms with Crippen LogP contribution in [0.15, 0.2) is 23.3 Å². The first-order valence-electron chi connectivity index (χ1n) is 7.32. The van der Waals surface area contributed by atoms with Crippen molar-refractivity contribution in [1.82, 2.24) is 0 Å². The highest BCUT2D eigenvalue weighted by Crippen LogP contribution is 2.28. The van der Waals surface area contributed by atoms with Crippen molar-refractivity contribution in [1.29, 1.82) is 0 Å². The summed E-state index contributed by atoms with van der Waals surface area (Å²) in [6, 6.07) is 0. The van der Waals surface area contributed by atoms with E-state index in [1.807, 2.05) is 0 Å². The van der Waals surface area contributed by atoms with Crippen LogP contribution in [0.5, 0.6) is 0 Å². The zero-order valence-corrected chi connectivity index (χ0v) is 12.3. The average Bonchev–Trinajstić information content (AvgIpc) is 2.68. The van der Waals surface area contributed by atoms with Gasteiger partial charge in [-0.1, -0.05) is 25.8 Å². The van der Waals surface area contributed by atoms with Gasteiger partial charge in [-0.25, -0.2) is 0 Å². The molecule has 1 atom stereocenters. The highest BCUT2D eigenvalue weighted by molar-refractivity contribution is 6.01. The number of Topliss-reactive ketones (excluding diaryl/α,β-unsaturated/α-hetero) is 1. The Balaban J connectivity index is 2.72. The van der Waals surface area contributed by atoms with Gasteiger partial charge in [-0.2, -0.15) is 0 Å². The van der Waals surface area contributed by atoms with Crippen LogP contribution in [0.4, 0.5) is 0 Å². The van der Waals surface area contributed by atoms with Crippen LogP contribution in [-0.2, 0) is 14.4 Å². The van der Waals surface area contributed by atoms with Crippen LogP contribution < -0.4 is 0 Å². The molecule has 0 saturated heterocycles. The minimum absolute atomic E-state index is 0.0291. The van der Waals surface area contributed by atoms with Crippen molar-refractivity contribution < 1.29 is 24.6 Å². The molecule has 0 aromatic rings. The molecule has 0 saturated carbocycles. The number of aliphatic hydroxyl groups is 1. The van der Waals surface area contributed by atoms with Crippen molar-refractivity contribution in [3.05, 3.63) is 23.3 Å². The van der Waals surface area contributed by atoms with Crippen LogP contribution in [0.2, 0.25) is 0 Å². The largest absolute Gasteiger partial charge is 0.481 e. The molecule has 0 aromatic carbocycles. The Labute approximate surface area is 124 Å². The van der Waals surface area contributed by atoms with E-state index in [0.717, 1.165) is 19.3 Å². The van der Waals surface area contributed by atoms with Gasteiger partial charge in [0.1, 0.15) is 0 Å². The van der Waals surface area contributed by atoms with Crippen LogP contribution in [0, 0.1) is 0 Å². The number of ketones is 2. The normalized spacial score (nSPS) is 18.8. The van der Waals surface area contributed by atoms with Gasteiger partial charge >= 0.3 is 5.97 Å².